The molecular weight excluding hydrogens is 865 g/mol. The summed E-state index contributed by atoms with van der Waals surface area (Å²) in [6.45, 7) is 6.93. The number of hydrogen-bond donors (Lipinski definition) is 0. The normalized spacial score (nSPS) is 18.4. The van der Waals surface area contributed by atoms with E-state index in [1.165, 1.54) is 36.4 Å². The molecule has 0 atom stereocenters. The van der Waals surface area contributed by atoms with E-state index in [0.717, 1.165) is 37.9 Å². The van der Waals surface area contributed by atoms with Gasteiger partial charge in [0.25, 0.3) is 11.8 Å². The quantitative estimate of drug-likeness (QED) is 0.131. The molecule has 4 aromatic heterocycles. The highest BCUT2D eigenvalue weighted by atomic mass is 16.5. The molecule has 0 saturated carbocycles. The number of piperidine rings is 2. The zero-order valence-corrected chi connectivity index (χ0v) is 38.3. The molecule has 2 aromatic carbocycles. The van der Waals surface area contributed by atoms with Crippen molar-refractivity contribution >= 4 is 47.1 Å². The lowest BCUT2D eigenvalue weighted by Gasteiger charge is -2.41. The molecule has 4 aliphatic rings. The maximum atomic E-state index is 15.7. The van der Waals surface area contributed by atoms with Crippen LogP contribution in [0.25, 0.3) is 11.1 Å². The van der Waals surface area contributed by atoms with Crippen LogP contribution in [0.4, 0.5) is 32.9 Å². The minimum absolute atomic E-state index is 0.0111. The second-order valence-corrected chi connectivity index (χ2v) is 17.5. The van der Waals surface area contributed by atoms with E-state index >= 15 is 19.2 Å². The van der Waals surface area contributed by atoms with Gasteiger partial charge < -0.3 is 9.47 Å². The van der Waals surface area contributed by atoms with E-state index in [0.29, 0.717) is 44.8 Å². The molecule has 0 aliphatic carbocycles. The Labute approximate surface area is 393 Å². The molecule has 8 heterocycles. The van der Waals surface area contributed by atoms with Crippen molar-refractivity contribution in [1.29, 1.82) is 0 Å². The largest absolute Gasteiger partial charge is 0.481 e. The second kappa shape index (κ2) is 17.8. The van der Waals surface area contributed by atoms with Gasteiger partial charge in [-0.05, 0) is 86.1 Å². The summed E-state index contributed by atoms with van der Waals surface area (Å²) >= 11 is 0. The number of benzene rings is 2. The van der Waals surface area contributed by atoms with Gasteiger partial charge in [-0.3, -0.25) is 29.4 Å². The van der Waals surface area contributed by atoms with Crippen LogP contribution in [0.3, 0.4) is 0 Å². The van der Waals surface area contributed by atoms with Crippen molar-refractivity contribution in [3.05, 3.63) is 132 Å². The van der Waals surface area contributed by atoms with Crippen LogP contribution in [-0.2, 0) is 22.7 Å². The van der Waals surface area contributed by atoms with Gasteiger partial charge in [0, 0.05) is 76.2 Å². The molecule has 346 valence electrons. The second-order valence-electron chi connectivity index (χ2n) is 17.5. The summed E-state index contributed by atoms with van der Waals surface area (Å²) in [7, 11) is 2.93. The van der Waals surface area contributed by atoms with Crippen molar-refractivity contribution in [2.45, 2.75) is 63.7 Å². The van der Waals surface area contributed by atoms with Crippen molar-refractivity contribution in [2.24, 2.45) is 0 Å². The first-order valence-corrected chi connectivity index (χ1v) is 22.6. The number of carbonyl (C=O) groups is 4. The molecule has 4 aliphatic heterocycles. The highest BCUT2D eigenvalue weighted by molar-refractivity contribution is 6.35. The van der Waals surface area contributed by atoms with Crippen molar-refractivity contribution in [3.8, 4) is 22.9 Å². The van der Waals surface area contributed by atoms with Gasteiger partial charge in [0.1, 0.15) is 11.1 Å². The summed E-state index contributed by atoms with van der Waals surface area (Å²) in [6, 6.07) is 24.1. The van der Waals surface area contributed by atoms with Gasteiger partial charge in [0.05, 0.1) is 37.0 Å². The van der Waals surface area contributed by atoms with E-state index in [9.17, 15) is 0 Å². The number of pyridine rings is 2. The number of anilines is 4. The molecule has 2 spiro atoms. The minimum atomic E-state index is -1.45. The Kier molecular flexibility index (Phi) is 11.6. The fourth-order valence-electron chi connectivity index (χ4n) is 9.96. The average Bonchev–Trinajstić information content (AvgIpc) is 3.71. The highest BCUT2D eigenvalue weighted by Crippen LogP contribution is 2.49. The first-order chi connectivity index (χ1) is 33.0. The van der Waals surface area contributed by atoms with Crippen molar-refractivity contribution in [3.63, 3.8) is 0 Å². The maximum absolute atomic E-state index is 15.7. The van der Waals surface area contributed by atoms with Crippen molar-refractivity contribution in [2.75, 3.05) is 60.0 Å². The monoisotopic (exact) mass is 914 g/mol. The number of rotatable bonds is 11. The van der Waals surface area contributed by atoms with Crippen LogP contribution < -0.4 is 29.1 Å². The number of methoxy groups -OCH3 is 2. The maximum Gasteiger partial charge on any atom is 0.339 e. The lowest BCUT2D eigenvalue weighted by atomic mass is 9.85. The van der Waals surface area contributed by atoms with Crippen molar-refractivity contribution in [1.82, 2.24) is 39.7 Å². The van der Waals surface area contributed by atoms with Crippen LogP contribution in [0.1, 0.15) is 48.2 Å². The summed E-state index contributed by atoms with van der Waals surface area (Å²) in [4.78, 5) is 98.9. The first-order valence-electron chi connectivity index (χ1n) is 22.6. The summed E-state index contributed by atoms with van der Waals surface area (Å²) < 4.78 is 10.9. The summed E-state index contributed by atoms with van der Waals surface area (Å²) in [5.41, 5.74) is 2.61. The average molecular weight is 915 g/mol. The van der Waals surface area contributed by atoms with E-state index in [1.807, 2.05) is 68.4 Å². The molecule has 68 heavy (non-hydrogen) atoms. The number of aryl methyl sites for hydroxylation is 2. The van der Waals surface area contributed by atoms with Crippen LogP contribution >= 0.6 is 0 Å². The third kappa shape index (κ3) is 7.54. The molecule has 6 aromatic rings. The molecule has 0 bridgehead atoms. The van der Waals surface area contributed by atoms with Gasteiger partial charge in [-0.25, -0.2) is 39.2 Å². The van der Waals surface area contributed by atoms with Crippen LogP contribution in [0.5, 0.6) is 11.8 Å². The Morgan fingerprint density at radius 3 is 1.44 bits per heavy atom. The van der Waals surface area contributed by atoms with Crippen LogP contribution in [-0.4, -0.2) is 115 Å². The Morgan fingerprint density at radius 1 is 0.515 bits per heavy atom. The topological polar surface area (TPSA) is 184 Å². The third-order valence-corrected chi connectivity index (χ3v) is 13.8. The number of likely N-dealkylation sites (tertiary alicyclic amines) is 2. The highest BCUT2D eigenvalue weighted by Gasteiger charge is 2.63. The Morgan fingerprint density at radius 2 is 0.985 bits per heavy atom. The predicted octanol–water partition coefficient (Wildman–Crippen LogP) is 6.37. The number of imide groups is 2. The predicted molar refractivity (Wildman–Crippen MR) is 252 cm³/mol. The van der Waals surface area contributed by atoms with Crippen LogP contribution in [0.15, 0.2) is 110 Å². The molecule has 0 unspecified atom stereocenters. The molecule has 6 amide bonds. The van der Waals surface area contributed by atoms with Crippen LogP contribution in [0, 0.1) is 13.8 Å². The van der Waals surface area contributed by atoms with E-state index in [4.69, 9.17) is 9.47 Å². The van der Waals surface area contributed by atoms with E-state index < -0.39 is 35.0 Å². The number of hydrogen-bond acceptors (Lipinski definition) is 14. The van der Waals surface area contributed by atoms with E-state index in [1.54, 1.807) is 42.7 Å². The molecule has 0 N–H and O–H groups in total. The number of ether oxygens (including phenoxy) is 2. The zero-order chi connectivity index (χ0) is 47.2. The van der Waals surface area contributed by atoms with Crippen molar-refractivity contribution < 1.29 is 28.7 Å². The van der Waals surface area contributed by atoms with E-state index in [-0.39, 0.29) is 60.7 Å². The number of aromatic nitrogens is 6. The smallest absolute Gasteiger partial charge is 0.339 e. The number of carbonyl (C=O) groups excluding carboxylic acids is 4. The lowest BCUT2D eigenvalue weighted by molar-refractivity contribution is -0.124. The summed E-state index contributed by atoms with van der Waals surface area (Å²) in [5.74, 6) is -0.674. The Bertz CT molecular complexity index is 2920. The fourth-order valence-corrected chi connectivity index (χ4v) is 9.96. The zero-order valence-electron chi connectivity index (χ0n) is 38.3. The molecule has 18 nitrogen and oxygen atoms in total. The Hall–Kier alpha value is -7.70. The van der Waals surface area contributed by atoms with Gasteiger partial charge in [0.2, 0.25) is 23.7 Å². The molecule has 4 saturated heterocycles. The van der Waals surface area contributed by atoms with Gasteiger partial charge in [0.15, 0.2) is 0 Å². The lowest BCUT2D eigenvalue weighted by Crippen LogP contribution is -2.57. The Balaban J connectivity index is 1.08. The summed E-state index contributed by atoms with van der Waals surface area (Å²) in [6.07, 6.45) is 7.42. The number of urea groups is 2. The minimum Gasteiger partial charge on any atom is -0.481 e. The van der Waals surface area contributed by atoms with Crippen LogP contribution in [0.2, 0.25) is 0 Å². The summed E-state index contributed by atoms with van der Waals surface area (Å²) in [5, 5.41) is 0. The molecule has 4 fully saturated rings. The third-order valence-electron chi connectivity index (χ3n) is 13.8. The number of nitrogens with zero attached hydrogens (tertiary/aromatic N) is 12. The van der Waals surface area contributed by atoms with E-state index in [2.05, 4.69) is 39.7 Å². The SMILES string of the molecule is COc1ccnc(N2C(=O)N(c3ccc(-c4ccccc4)cc3N3C(=O)N(c4nccc(OC)n4)C4(CCN(Cc5ncccc5C)CC4)C3=O)C(=O)C23CCN(Cc2ncccc2C)CC3)n1. The van der Waals surface area contributed by atoms with Gasteiger partial charge in [-0.2, -0.15) is 9.97 Å². The standard InChI is InChI=1S/C50H50N12O6/c1-33-10-8-22-51-37(33)31-57-26-18-49(19-27-57)43(63)59(47(65)61(49)45-53-24-16-41(55-45)67-3)39-15-14-36(35-12-6-5-7-13-35)30-40(39)60-44(64)50(62(48(60)66)46-54-25-17-42(56-46)68-4)20-28-58(29-21-50)32-38-34(2)11-9-23-52-38/h5-17,22-25,30H,18-21,26-29,31-32H2,1-4H3. The van der Waals surface area contributed by atoms with Gasteiger partial charge in [-0.1, -0.05) is 48.5 Å². The number of amides is 6. The molecule has 0 radical (unpaired) electrons. The molecule has 18 heteroatoms. The fraction of sp³-hybridized carbons (Fsp3) is 0.320. The van der Waals surface area contributed by atoms with Gasteiger partial charge >= 0.3 is 12.1 Å². The molecule has 10 rings (SSSR count). The molecular formula is C50H50N12O6. The first kappa shape index (κ1) is 44.2. The van der Waals surface area contributed by atoms with Gasteiger partial charge in [-0.15, -0.1) is 0 Å².